The molecule has 1 fully saturated rings. The predicted octanol–water partition coefficient (Wildman–Crippen LogP) is 7.96. The van der Waals surface area contributed by atoms with Crippen molar-refractivity contribution in [2.45, 2.75) is 50.9 Å². The minimum absolute atomic E-state index is 0.0421. The molecule has 1 atom stereocenters. The molecule has 3 aromatic rings. The lowest BCUT2D eigenvalue weighted by Crippen LogP contribution is -2.40. The minimum Gasteiger partial charge on any atom is -0.341 e. The summed E-state index contributed by atoms with van der Waals surface area (Å²) in [5.41, 5.74) is 8.64. The lowest BCUT2D eigenvalue weighted by molar-refractivity contribution is 0.0784. The zero-order chi connectivity index (χ0) is 26.9. The Labute approximate surface area is 236 Å². The van der Waals surface area contributed by atoms with Crippen LogP contribution in [0.25, 0.3) is 6.08 Å². The Balaban J connectivity index is 1.40. The van der Waals surface area contributed by atoms with Crippen LogP contribution >= 0.6 is 23.2 Å². The SMILES string of the molecule is Cc1ccc(C(=O)N(C)C[C@@H](CCC2=Cc3ccccc3C23CCNCC3)c2ccc(Cl)c(Cl)c2)cc1C. The second-order valence-corrected chi connectivity index (χ2v) is 11.8. The maximum absolute atomic E-state index is 13.4. The van der Waals surface area contributed by atoms with Gasteiger partial charge in [0.15, 0.2) is 0 Å². The third-order valence-corrected chi connectivity index (χ3v) is 9.39. The Morgan fingerprint density at radius 3 is 2.47 bits per heavy atom. The fourth-order valence-corrected chi connectivity index (χ4v) is 6.59. The molecule has 5 rings (SSSR count). The van der Waals surface area contributed by atoms with Gasteiger partial charge in [0, 0.05) is 30.5 Å². The number of piperidine rings is 1. The van der Waals surface area contributed by atoms with E-state index >= 15 is 0 Å². The number of nitrogens with one attached hydrogen (secondary N) is 1. The van der Waals surface area contributed by atoms with Gasteiger partial charge in [-0.1, -0.05) is 71.2 Å². The molecule has 2 aliphatic rings. The largest absolute Gasteiger partial charge is 0.341 e. The van der Waals surface area contributed by atoms with Crippen LogP contribution in [0.5, 0.6) is 0 Å². The van der Waals surface area contributed by atoms with Crippen molar-refractivity contribution in [1.29, 1.82) is 0 Å². The first-order valence-corrected chi connectivity index (χ1v) is 14.3. The summed E-state index contributed by atoms with van der Waals surface area (Å²) in [5, 5.41) is 4.66. The standard InChI is InChI=1S/C33H36Cl2N2O/c1-22-8-9-26(18-23(22)2)32(38)37(3)21-27(24-11-13-30(34)31(35)20-24)10-12-28-19-25-6-4-5-7-29(25)33(28)14-16-36-17-15-33/h4-9,11,13,18-20,27,36H,10,12,14-17,21H2,1-3H3/t27-/m1/s1. The van der Waals surface area contributed by atoms with Crippen LogP contribution in [0.15, 0.2) is 66.2 Å². The van der Waals surface area contributed by atoms with Gasteiger partial charge in [-0.2, -0.15) is 0 Å². The van der Waals surface area contributed by atoms with Crippen molar-refractivity contribution in [2.24, 2.45) is 0 Å². The van der Waals surface area contributed by atoms with E-state index in [-0.39, 0.29) is 17.2 Å². The van der Waals surface area contributed by atoms with Crippen molar-refractivity contribution in [3.05, 3.63) is 110 Å². The van der Waals surface area contributed by atoms with Gasteiger partial charge in [0.25, 0.3) is 5.91 Å². The lowest BCUT2D eigenvalue weighted by atomic mass is 9.69. The molecule has 1 aliphatic carbocycles. The first-order valence-electron chi connectivity index (χ1n) is 13.6. The molecule has 1 saturated heterocycles. The number of halogens is 2. The fraction of sp³-hybridized carbons (Fsp3) is 0.364. The van der Waals surface area contributed by atoms with Crippen molar-refractivity contribution in [1.82, 2.24) is 10.2 Å². The molecule has 0 aromatic heterocycles. The Morgan fingerprint density at radius 2 is 1.74 bits per heavy atom. The van der Waals surface area contributed by atoms with E-state index in [0.29, 0.717) is 16.6 Å². The summed E-state index contributed by atoms with van der Waals surface area (Å²) < 4.78 is 0. The van der Waals surface area contributed by atoms with E-state index in [9.17, 15) is 4.79 Å². The van der Waals surface area contributed by atoms with E-state index in [1.54, 1.807) is 0 Å². The molecular weight excluding hydrogens is 511 g/mol. The van der Waals surface area contributed by atoms with Crippen LogP contribution in [0.4, 0.5) is 0 Å². The molecule has 1 heterocycles. The zero-order valence-corrected chi connectivity index (χ0v) is 24.0. The number of hydrogen-bond donors (Lipinski definition) is 1. The average Bonchev–Trinajstić information content (AvgIpc) is 3.22. The fourth-order valence-electron chi connectivity index (χ4n) is 6.28. The number of amides is 1. The summed E-state index contributed by atoms with van der Waals surface area (Å²) in [4.78, 5) is 15.3. The number of carbonyl (C=O) groups is 1. The third kappa shape index (κ3) is 5.30. The molecule has 1 N–H and O–H groups in total. The Morgan fingerprint density at radius 1 is 0.974 bits per heavy atom. The number of allylic oxidation sites excluding steroid dienone is 1. The first-order chi connectivity index (χ1) is 18.3. The molecule has 0 bridgehead atoms. The molecule has 1 aliphatic heterocycles. The zero-order valence-electron chi connectivity index (χ0n) is 22.5. The van der Waals surface area contributed by atoms with Gasteiger partial charge < -0.3 is 10.2 Å². The van der Waals surface area contributed by atoms with Gasteiger partial charge in [-0.05, 0) is 105 Å². The van der Waals surface area contributed by atoms with Crippen LogP contribution in [-0.2, 0) is 5.41 Å². The highest BCUT2D eigenvalue weighted by atomic mass is 35.5. The van der Waals surface area contributed by atoms with Crippen LogP contribution in [0.2, 0.25) is 10.0 Å². The highest BCUT2D eigenvalue weighted by Crippen LogP contribution is 2.50. The molecule has 38 heavy (non-hydrogen) atoms. The summed E-state index contributed by atoms with van der Waals surface area (Å²) in [6.45, 7) is 6.80. The Hall–Kier alpha value is -2.59. The quantitative estimate of drug-likeness (QED) is 0.326. The molecule has 0 unspecified atom stereocenters. The molecule has 5 heteroatoms. The van der Waals surface area contributed by atoms with E-state index in [2.05, 4.69) is 55.6 Å². The normalized spacial score (nSPS) is 16.7. The number of hydrogen-bond acceptors (Lipinski definition) is 2. The van der Waals surface area contributed by atoms with Crippen LogP contribution in [0.3, 0.4) is 0 Å². The number of fused-ring (bicyclic) bond motifs is 2. The number of likely N-dealkylation sites (N-methyl/N-ethyl adjacent to an activating group) is 1. The summed E-state index contributed by atoms with van der Waals surface area (Å²) >= 11 is 12.7. The van der Waals surface area contributed by atoms with Crippen molar-refractivity contribution in [3.63, 3.8) is 0 Å². The highest BCUT2D eigenvalue weighted by Gasteiger charge is 2.41. The Kier molecular flexibility index (Phi) is 8.00. The van der Waals surface area contributed by atoms with Crippen LogP contribution in [0, 0.1) is 13.8 Å². The molecule has 198 valence electrons. The smallest absolute Gasteiger partial charge is 0.253 e. The third-order valence-electron chi connectivity index (χ3n) is 8.65. The van der Waals surface area contributed by atoms with E-state index in [0.717, 1.165) is 55.5 Å². The van der Waals surface area contributed by atoms with Crippen molar-refractivity contribution in [2.75, 3.05) is 26.7 Å². The highest BCUT2D eigenvalue weighted by molar-refractivity contribution is 6.42. The van der Waals surface area contributed by atoms with Gasteiger partial charge >= 0.3 is 0 Å². The number of carbonyl (C=O) groups excluding carboxylic acids is 1. The van der Waals surface area contributed by atoms with Gasteiger partial charge in [0.05, 0.1) is 10.0 Å². The van der Waals surface area contributed by atoms with Crippen LogP contribution in [-0.4, -0.2) is 37.5 Å². The van der Waals surface area contributed by atoms with Crippen molar-refractivity contribution >= 4 is 35.2 Å². The minimum atomic E-state index is 0.0421. The molecular formula is C33H36Cl2N2O. The van der Waals surface area contributed by atoms with E-state index in [1.165, 1.54) is 22.3 Å². The number of aryl methyl sites for hydroxylation is 2. The van der Waals surface area contributed by atoms with E-state index < -0.39 is 0 Å². The van der Waals surface area contributed by atoms with Crippen LogP contribution in [0.1, 0.15) is 69.8 Å². The van der Waals surface area contributed by atoms with E-state index in [4.69, 9.17) is 23.2 Å². The maximum atomic E-state index is 13.4. The molecule has 3 nitrogen and oxygen atoms in total. The first kappa shape index (κ1) is 27.0. The maximum Gasteiger partial charge on any atom is 0.253 e. The van der Waals surface area contributed by atoms with Gasteiger partial charge in [0.1, 0.15) is 0 Å². The monoisotopic (exact) mass is 546 g/mol. The summed E-state index contributed by atoms with van der Waals surface area (Å²) in [7, 11) is 1.90. The summed E-state index contributed by atoms with van der Waals surface area (Å²) in [5.74, 6) is 0.175. The average molecular weight is 548 g/mol. The van der Waals surface area contributed by atoms with Crippen molar-refractivity contribution < 1.29 is 4.79 Å². The number of benzene rings is 3. The van der Waals surface area contributed by atoms with Gasteiger partial charge in [-0.25, -0.2) is 0 Å². The topological polar surface area (TPSA) is 32.3 Å². The Bertz CT molecular complexity index is 1370. The lowest BCUT2D eigenvalue weighted by Gasteiger charge is -2.38. The van der Waals surface area contributed by atoms with Crippen molar-refractivity contribution in [3.8, 4) is 0 Å². The molecule has 1 spiro atoms. The molecule has 0 radical (unpaired) electrons. The van der Waals surface area contributed by atoms with Gasteiger partial charge in [-0.3, -0.25) is 4.79 Å². The molecule has 3 aromatic carbocycles. The summed E-state index contributed by atoms with van der Waals surface area (Å²) in [6.07, 6.45) is 6.58. The predicted molar refractivity (Wildman–Crippen MR) is 160 cm³/mol. The molecule has 1 amide bonds. The summed E-state index contributed by atoms with van der Waals surface area (Å²) in [6, 6.07) is 20.7. The second-order valence-electron chi connectivity index (χ2n) is 11.0. The van der Waals surface area contributed by atoms with Gasteiger partial charge in [-0.15, -0.1) is 0 Å². The number of nitrogens with zero attached hydrogens (tertiary/aromatic N) is 1. The van der Waals surface area contributed by atoms with Crippen LogP contribution < -0.4 is 5.32 Å². The number of rotatable bonds is 7. The molecule has 0 saturated carbocycles. The van der Waals surface area contributed by atoms with E-state index in [1.807, 2.05) is 42.3 Å². The van der Waals surface area contributed by atoms with Gasteiger partial charge in [0.2, 0.25) is 0 Å². The second kappa shape index (κ2) is 11.3.